The minimum atomic E-state index is 0.585. The van der Waals surface area contributed by atoms with E-state index in [2.05, 4.69) is 24.1 Å². The van der Waals surface area contributed by atoms with Crippen molar-refractivity contribution in [3.05, 3.63) is 0 Å². The Morgan fingerprint density at radius 3 is 2.67 bits per heavy atom. The first-order valence-electron chi connectivity index (χ1n) is 6.67. The van der Waals surface area contributed by atoms with Gasteiger partial charge in [-0.25, -0.2) is 0 Å². The third-order valence-corrected chi connectivity index (χ3v) is 4.78. The molecule has 0 spiro atoms. The SMILES string of the molecule is CC1(C)CC1NC1CCN2CCCCC12. The van der Waals surface area contributed by atoms with Crippen LogP contribution in [-0.2, 0) is 0 Å². The van der Waals surface area contributed by atoms with Gasteiger partial charge in [0.05, 0.1) is 0 Å². The first-order chi connectivity index (χ1) is 7.17. The standard InChI is InChI=1S/C13H24N2/c1-13(2)9-12(13)14-10-6-8-15-7-4-3-5-11(10)15/h10-12,14H,3-9H2,1-2H3. The first-order valence-corrected chi connectivity index (χ1v) is 6.67. The van der Waals surface area contributed by atoms with Gasteiger partial charge in [-0.3, -0.25) is 4.90 Å². The summed E-state index contributed by atoms with van der Waals surface area (Å²) in [5.41, 5.74) is 0.585. The molecule has 2 saturated heterocycles. The number of nitrogens with zero attached hydrogens (tertiary/aromatic N) is 1. The van der Waals surface area contributed by atoms with Crippen LogP contribution in [-0.4, -0.2) is 36.1 Å². The molecule has 3 aliphatic rings. The Kier molecular flexibility index (Phi) is 2.33. The highest BCUT2D eigenvalue weighted by molar-refractivity contribution is 5.05. The van der Waals surface area contributed by atoms with Crippen LogP contribution in [0.2, 0.25) is 0 Å². The summed E-state index contributed by atoms with van der Waals surface area (Å²) in [7, 11) is 0. The molecule has 0 aromatic rings. The fraction of sp³-hybridized carbons (Fsp3) is 1.00. The molecule has 3 atom stereocenters. The summed E-state index contributed by atoms with van der Waals surface area (Å²) in [6.45, 7) is 7.48. The van der Waals surface area contributed by atoms with Crippen molar-refractivity contribution in [3.8, 4) is 0 Å². The molecule has 0 aromatic heterocycles. The molecule has 0 radical (unpaired) electrons. The number of nitrogens with one attached hydrogen (secondary N) is 1. The van der Waals surface area contributed by atoms with Crippen molar-refractivity contribution in [1.29, 1.82) is 0 Å². The molecule has 3 rings (SSSR count). The van der Waals surface area contributed by atoms with Crippen molar-refractivity contribution >= 4 is 0 Å². The maximum absolute atomic E-state index is 3.90. The van der Waals surface area contributed by atoms with Crippen molar-refractivity contribution < 1.29 is 0 Å². The van der Waals surface area contributed by atoms with Crippen molar-refractivity contribution in [2.75, 3.05) is 13.1 Å². The van der Waals surface area contributed by atoms with E-state index in [4.69, 9.17) is 0 Å². The molecule has 1 N–H and O–H groups in total. The molecule has 2 heteroatoms. The molecule has 0 aromatic carbocycles. The van der Waals surface area contributed by atoms with E-state index in [0.717, 1.165) is 18.1 Å². The van der Waals surface area contributed by atoms with Crippen LogP contribution in [0.5, 0.6) is 0 Å². The Bertz CT molecular complexity index is 249. The van der Waals surface area contributed by atoms with Gasteiger partial charge in [-0.1, -0.05) is 20.3 Å². The van der Waals surface area contributed by atoms with Crippen LogP contribution in [0.25, 0.3) is 0 Å². The van der Waals surface area contributed by atoms with Crippen LogP contribution >= 0.6 is 0 Å². The molecule has 3 unspecified atom stereocenters. The average molecular weight is 208 g/mol. The van der Waals surface area contributed by atoms with Gasteiger partial charge in [0.1, 0.15) is 0 Å². The van der Waals surface area contributed by atoms with Crippen LogP contribution in [0.4, 0.5) is 0 Å². The van der Waals surface area contributed by atoms with Crippen LogP contribution in [0.15, 0.2) is 0 Å². The molecule has 0 bridgehead atoms. The first kappa shape index (κ1) is 10.1. The van der Waals surface area contributed by atoms with Gasteiger partial charge >= 0.3 is 0 Å². The summed E-state index contributed by atoms with van der Waals surface area (Å²) >= 11 is 0. The van der Waals surface area contributed by atoms with Crippen molar-refractivity contribution in [3.63, 3.8) is 0 Å². The lowest BCUT2D eigenvalue weighted by atomic mass is 9.99. The summed E-state index contributed by atoms with van der Waals surface area (Å²) in [5.74, 6) is 0. The van der Waals surface area contributed by atoms with Crippen LogP contribution in [0.1, 0.15) is 46.0 Å². The quantitative estimate of drug-likeness (QED) is 0.746. The van der Waals surface area contributed by atoms with E-state index >= 15 is 0 Å². The van der Waals surface area contributed by atoms with E-state index in [1.807, 2.05) is 0 Å². The van der Waals surface area contributed by atoms with Crippen LogP contribution in [0.3, 0.4) is 0 Å². The third-order valence-electron chi connectivity index (χ3n) is 4.78. The molecule has 1 saturated carbocycles. The van der Waals surface area contributed by atoms with E-state index in [9.17, 15) is 0 Å². The van der Waals surface area contributed by atoms with Gasteiger partial charge in [-0.15, -0.1) is 0 Å². The van der Waals surface area contributed by atoms with Crippen LogP contribution in [0, 0.1) is 5.41 Å². The van der Waals surface area contributed by atoms with Gasteiger partial charge in [0.25, 0.3) is 0 Å². The number of hydrogen-bond acceptors (Lipinski definition) is 2. The minimum absolute atomic E-state index is 0.585. The predicted octanol–water partition coefficient (Wildman–Crippen LogP) is 2.00. The Morgan fingerprint density at radius 2 is 1.93 bits per heavy atom. The predicted molar refractivity (Wildman–Crippen MR) is 62.9 cm³/mol. The van der Waals surface area contributed by atoms with Gasteiger partial charge in [-0.2, -0.15) is 0 Å². The average Bonchev–Trinajstić information content (AvgIpc) is 2.64. The number of piperidine rings is 1. The minimum Gasteiger partial charge on any atom is -0.309 e. The van der Waals surface area contributed by atoms with Gasteiger partial charge in [0, 0.05) is 24.7 Å². The second-order valence-electron chi connectivity index (χ2n) is 6.41. The molecule has 2 aliphatic heterocycles. The van der Waals surface area contributed by atoms with Gasteiger partial charge < -0.3 is 5.32 Å². The zero-order valence-corrected chi connectivity index (χ0v) is 10.1. The summed E-state index contributed by atoms with van der Waals surface area (Å²) < 4.78 is 0. The lowest BCUT2D eigenvalue weighted by Crippen LogP contribution is -2.46. The molecular formula is C13H24N2. The fourth-order valence-electron chi connectivity index (χ4n) is 3.45. The highest BCUT2D eigenvalue weighted by atomic mass is 15.2. The number of fused-ring (bicyclic) bond motifs is 1. The van der Waals surface area contributed by atoms with Crippen molar-refractivity contribution in [2.45, 2.75) is 64.1 Å². The highest BCUT2D eigenvalue weighted by Crippen LogP contribution is 2.45. The molecule has 15 heavy (non-hydrogen) atoms. The summed E-state index contributed by atoms with van der Waals surface area (Å²) in [5, 5.41) is 3.90. The molecule has 2 nitrogen and oxygen atoms in total. The zero-order chi connectivity index (χ0) is 10.5. The van der Waals surface area contributed by atoms with Crippen LogP contribution < -0.4 is 5.32 Å². The zero-order valence-electron chi connectivity index (χ0n) is 10.1. The Balaban J connectivity index is 1.58. The van der Waals surface area contributed by atoms with E-state index in [1.165, 1.54) is 45.2 Å². The summed E-state index contributed by atoms with van der Waals surface area (Å²) in [4.78, 5) is 2.72. The van der Waals surface area contributed by atoms with E-state index < -0.39 is 0 Å². The van der Waals surface area contributed by atoms with E-state index in [-0.39, 0.29) is 0 Å². The monoisotopic (exact) mass is 208 g/mol. The smallest absolute Gasteiger partial charge is 0.0249 e. The van der Waals surface area contributed by atoms with E-state index in [0.29, 0.717) is 5.41 Å². The number of hydrogen-bond donors (Lipinski definition) is 1. The van der Waals surface area contributed by atoms with Crippen molar-refractivity contribution in [2.24, 2.45) is 5.41 Å². The largest absolute Gasteiger partial charge is 0.309 e. The summed E-state index contributed by atoms with van der Waals surface area (Å²) in [6.07, 6.45) is 7.09. The summed E-state index contributed by atoms with van der Waals surface area (Å²) in [6, 6.07) is 2.48. The van der Waals surface area contributed by atoms with Gasteiger partial charge in [-0.05, 0) is 37.6 Å². The van der Waals surface area contributed by atoms with Gasteiger partial charge in [0.2, 0.25) is 0 Å². The Labute approximate surface area is 93.4 Å². The van der Waals surface area contributed by atoms with Crippen molar-refractivity contribution in [1.82, 2.24) is 10.2 Å². The third kappa shape index (κ3) is 1.83. The molecule has 2 heterocycles. The highest BCUT2D eigenvalue weighted by Gasteiger charge is 2.48. The number of rotatable bonds is 2. The van der Waals surface area contributed by atoms with Gasteiger partial charge in [0.15, 0.2) is 0 Å². The fourth-order valence-corrected chi connectivity index (χ4v) is 3.45. The van der Waals surface area contributed by atoms with E-state index in [1.54, 1.807) is 0 Å². The Hall–Kier alpha value is -0.0800. The lowest BCUT2D eigenvalue weighted by Gasteiger charge is -2.33. The normalized spacial score (nSPS) is 44.0. The second-order valence-corrected chi connectivity index (χ2v) is 6.41. The molecular weight excluding hydrogens is 184 g/mol. The maximum Gasteiger partial charge on any atom is 0.0249 e. The second kappa shape index (κ2) is 3.46. The Morgan fingerprint density at radius 1 is 1.13 bits per heavy atom. The molecule has 3 fully saturated rings. The molecule has 1 aliphatic carbocycles. The lowest BCUT2D eigenvalue weighted by molar-refractivity contribution is 0.179. The molecule has 86 valence electrons. The maximum atomic E-state index is 3.90. The topological polar surface area (TPSA) is 15.3 Å². The molecule has 0 amide bonds.